The lowest BCUT2D eigenvalue weighted by Gasteiger charge is -2.56. The molecule has 5 N–H and O–H groups in total. The van der Waals surface area contributed by atoms with Gasteiger partial charge >= 0.3 is 0 Å². The number of piperidine rings is 2. The molecule has 2 aliphatic heterocycles. The number of hydrogen-bond acceptors (Lipinski definition) is 11. The molecule has 1 aromatic rings. The first-order valence-electron chi connectivity index (χ1n) is 20.1. The van der Waals surface area contributed by atoms with Crippen molar-refractivity contribution in [3.05, 3.63) is 0 Å². The Morgan fingerprint density at radius 2 is 1.00 bits per heavy atom. The van der Waals surface area contributed by atoms with E-state index < -0.39 is 0 Å². The first-order valence-corrected chi connectivity index (χ1v) is 20.1. The topological polar surface area (TPSA) is 114 Å². The van der Waals surface area contributed by atoms with E-state index >= 15 is 0 Å². The number of nitrogens with two attached hydrogens (primary N) is 1. The third-order valence-electron chi connectivity index (χ3n) is 11.9. The van der Waals surface area contributed by atoms with Gasteiger partial charge in [0.15, 0.2) is 0 Å². The Bertz CT molecular complexity index is 1030. The number of rotatable bonds is 21. The van der Waals surface area contributed by atoms with Crippen LogP contribution in [0.4, 0.5) is 17.8 Å². The van der Waals surface area contributed by atoms with E-state index in [-0.39, 0.29) is 22.2 Å². The molecular weight excluding hydrogens is 623 g/mol. The van der Waals surface area contributed by atoms with Crippen LogP contribution in [-0.2, 0) is 0 Å². The summed E-state index contributed by atoms with van der Waals surface area (Å²) in [5.41, 5.74) is 5.88. The van der Waals surface area contributed by atoms with Gasteiger partial charge in [-0.2, -0.15) is 15.0 Å². The Labute approximate surface area is 307 Å². The van der Waals surface area contributed by atoms with Crippen LogP contribution in [0.1, 0.15) is 133 Å². The third-order valence-corrected chi connectivity index (χ3v) is 11.9. The fourth-order valence-corrected chi connectivity index (χ4v) is 8.38. The number of hydrogen-bond donors (Lipinski definition) is 4. The molecule has 11 nitrogen and oxygen atoms in total. The zero-order valence-electron chi connectivity index (χ0n) is 34.6. The summed E-state index contributed by atoms with van der Waals surface area (Å²) in [6.45, 7) is 31.0. The number of likely N-dealkylation sites (tertiary alicyclic amines) is 2. The Morgan fingerprint density at radius 3 is 1.38 bits per heavy atom. The molecule has 1 aromatic heterocycles. The molecule has 0 aromatic carbocycles. The molecule has 0 atom stereocenters. The van der Waals surface area contributed by atoms with Gasteiger partial charge in [-0.05, 0) is 140 Å². The number of nitrogens with zero attached hydrogens (tertiary/aromatic N) is 7. The molecule has 0 spiro atoms. The van der Waals surface area contributed by atoms with Crippen LogP contribution in [-0.4, -0.2) is 125 Å². The van der Waals surface area contributed by atoms with Gasteiger partial charge in [-0.25, -0.2) is 0 Å². The third kappa shape index (κ3) is 11.6. The van der Waals surface area contributed by atoms with Gasteiger partial charge in [-0.15, -0.1) is 0 Å². The van der Waals surface area contributed by atoms with Gasteiger partial charge in [-0.1, -0.05) is 26.7 Å². The average molecular weight is 702 g/mol. The van der Waals surface area contributed by atoms with Crippen molar-refractivity contribution < 1.29 is 0 Å². The molecule has 0 unspecified atom stereocenters. The monoisotopic (exact) mass is 702 g/mol. The second-order valence-corrected chi connectivity index (χ2v) is 17.8. The van der Waals surface area contributed by atoms with Gasteiger partial charge in [0.25, 0.3) is 0 Å². The summed E-state index contributed by atoms with van der Waals surface area (Å²) in [5.74, 6) is 2.37. The van der Waals surface area contributed by atoms with Gasteiger partial charge in [-0.3, -0.25) is 9.80 Å². The highest BCUT2D eigenvalue weighted by atomic mass is 15.4. The van der Waals surface area contributed by atoms with Crippen molar-refractivity contribution in [2.75, 3.05) is 81.6 Å². The second kappa shape index (κ2) is 18.8. The van der Waals surface area contributed by atoms with Crippen molar-refractivity contribution in [2.45, 2.75) is 168 Å². The number of unbranched alkanes of at least 4 members (excludes halogenated alkanes) is 2. The lowest BCUT2D eigenvalue weighted by atomic mass is 9.77. The van der Waals surface area contributed by atoms with E-state index in [2.05, 4.69) is 119 Å². The minimum Gasteiger partial charge on any atom is -0.354 e. The van der Waals surface area contributed by atoms with Gasteiger partial charge in [0, 0.05) is 67.0 Å². The molecule has 2 saturated heterocycles. The zero-order chi connectivity index (χ0) is 37.2. The lowest BCUT2D eigenvalue weighted by Crippen LogP contribution is -2.63. The first kappa shape index (κ1) is 42.6. The molecule has 2 aliphatic rings. The van der Waals surface area contributed by atoms with Gasteiger partial charge in [0.1, 0.15) is 0 Å². The standard InChI is InChI=1S/C39H79N11/c1-13-15-25-49(31-27-36(3,4)47(11)37(5,6)28-31)34-44-33(43-22-18-21-42-24-23-41-20-17-19-40)45-35(46-34)50(26-16-14-2)32-29-38(7,8)48(12)39(9,10)30-32/h31-32,41-42H,13-30,40H2,1-12H3,(H,43,44,45,46). The van der Waals surface area contributed by atoms with Crippen LogP contribution in [0, 0.1) is 0 Å². The molecule has 0 saturated carbocycles. The van der Waals surface area contributed by atoms with Crippen LogP contribution >= 0.6 is 0 Å². The maximum Gasteiger partial charge on any atom is 0.232 e. The summed E-state index contributed by atoms with van der Waals surface area (Å²) in [5, 5.41) is 10.7. The summed E-state index contributed by atoms with van der Waals surface area (Å²) >= 11 is 0. The van der Waals surface area contributed by atoms with Crippen molar-refractivity contribution in [2.24, 2.45) is 5.73 Å². The van der Waals surface area contributed by atoms with E-state index in [1.807, 2.05) is 0 Å². The van der Waals surface area contributed by atoms with Gasteiger partial charge in [0.2, 0.25) is 17.8 Å². The number of nitrogens with one attached hydrogen (secondary N) is 3. The zero-order valence-corrected chi connectivity index (χ0v) is 34.6. The summed E-state index contributed by atoms with van der Waals surface area (Å²) in [4.78, 5) is 26.2. The molecule has 0 radical (unpaired) electrons. The van der Waals surface area contributed by atoms with Crippen LogP contribution in [0.2, 0.25) is 0 Å². The Hall–Kier alpha value is -1.79. The molecule has 11 heteroatoms. The average Bonchev–Trinajstić information content (AvgIpc) is 3.03. The quantitative estimate of drug-likeness (QED) is 0.118. The summed E-state index contributed by atoms with van der Waals surface area (Å²) in [6, 6.07) is 0.692. The van der Waals surface area contributed by atoms with Crippen LogP contribution < -0.4 is 31.5 Å². The van der Waals surface area contributed by atoms with Crippen LogP contribution in [0.3, 0.4) is 0 Å². The minimum absolute atomic E-state index is 0.0687. The predicted octanol–water partition coefficient (Wildman–Crippen LogP) is 5.72. The second-order valence-electron chi connectivity index (χ2n) is 17.8. The van der Waals surface area contributed by atoms with E-state index in [9.17, 15) is 0 Å². The van der Waals surface area contributed by atoms with Crippen molar-refractivity contribution in [1.29, 1.82) is 0 Å². The number of anilines is 3. The Kier molecular flexibility index (Phi) is 16.0. The molecule has 50 heavy (non-hydrogen) atoms. The highest BCUT2D eigenvalue weighted by Crippen LogP contribution is 2.42. The lowest BCUT2D eigenvalue weighted by molar-refractivity contribution is -0.0130. The maximum atomic E-state index is 5.61. The van der Waals surface area contributed by atoms with Crippen LogP contribution in [0.5, 0.6) is 0 Å². The molecule has 0 aliphatic carbocycles. The van der Waals surface area contributed by atoms with E-state index in [0.717, 1.165) is 128 Å². The normalized spacial score (nSPS) is 21.0. The number of aromatic nitrogens is 3. The van der Waals surface area contributed by atoms with Crippen molar-refractivity contribution in [3.63, 3.8) is 0 Å². The highest BCUT2D eigenvalue weighted by Gasteiger charge is 2.47. The first-order chi connectivity index (χ1) is 23.5. The summed E-state index contributed by atoms with van der Waals surface area (Å²) in [7, 11) is 4.58. The van der Waals surface area contributed by atoms with Crippen LogP contribution in [0.15, 0.2) is 0 Å². The SMILES string of the molecule is CCCCN(c1nc(NCCCNCCNCCCN)nc(N(CCCC)C2CC(C)(C)N(C)C(C)(C)C2)n1)C1CC(C)(C)N(C)C(C)(C)C1. The summed E-state index contributed by atoms with van der Waals surface area (Å²) in [6.07, 6.45) is 10.8. The molecule has 3 heterocycles. The molecule has 0 bridgehead atoms. The largest absolute Gasteiger partial charge is 0.354 e. The summed E-state index contributed by atoms with van der Waals surface area (Å²) < 4.78 is 0. The fraction of sp³-hybridized carbons (Fsp3) is 0.923. The van der Waals surface area contributed by atoms with Crippen molar-refractivity contribution >= 4 is 17.8 Å². The molecular formula is C39H79N11. The smallest absolute Gasteiger partial charge is 0.232 e. The minimum atomic E-state index is 0.0687. The van der Waals surface area contributed by atoms with Crippen molar-refractivity contribution in [1.82, 2.24) is 35.4 Å². The van der Waals surface area contributed by atoms with Gasteiger partial charge < -0.3 is 31.5 Å². The van der Waals surface area contributed by atoms with Gasteiger partial charge in [0.05, 0.1) is 0 Å². The molecule has 2 fully saturated rings. The fourth-order valence-electron chi connectivity index (χ4n) is 8.38. The van der Waals surface area contributed by atoms with Crippen LogP contribution in [0.25, 0.3) is 0 Å². The predicted molar refractivity (Wildman–Crippen MR) is 215 cm³/mol. The van der Waals surface area contributed by atoms with E-state index in [0.29, 0.717) is 18.0 Å². The van der Waals surface area contributed by atoms with E-state index in [1.165, 1.54) is 0 Å². The highest BCUT2D eigenvalue weighted by molar-refractivity contribution is 5.47. The van der Waals surface area contributed by atoms with E-state index in [1.54, 1.807) is 0 Å². The Morgan fingerprint density at radius 1 is 0.600 bits per heavy atom. The molecule has 3 rings (SSSR count). The maximum absolute atomic E-state index is 5.61. The van der Waals surface area contributed by atoms with E-state index in [4.69, 9.17) is 20.7 Å². The Balaban J connectivity index is 1.97. The molecule has 290 valence electrons. The van der Waals surface area contributed by atoms with Crippen molar-refractivity contribution in [3.8, 4) is 0 Å². The molecule has 0 amide bonds.